The maximum Gasteiger partial charge on any atom is 0.419 e. The van der Waals surface area contributed by atoms with Crippen molar-refractivity contribution in [3.8, 4) is 5.82 Å². The van der Waals surface area contributed by atoms with Crippen LogP contribution >= 0.6 is 0 Å². The van der Waals surface area contributed by atoms with Crippen LogP contribution in [-0.4, -0.2) is 19.9 Å². The molecule has 0 atom stereocenters. The molecule has 0 amide bonds. The predicted molar refractivity (Wildman–Crippen MR) is 57.0 cm³/mol. The smallest absolute Gasteiger partial charge is 0.392 e. The first-order chi connectivity index (χ1) is 8.41. The molecule has 0 saturated heterocycles. The molecule has 7 heteroatoms. The molecule has 96 valence electrons. The van der Waals surface area contributed by atoms with Crippen LogP contribution in [0.3, 0.4) is 0 Å². The number of alkyl halides is 3. The Hall–Kier alpha value is -1.89. The van der Waals surface area contributed by atoms with Gasteiger partial charge in [-0.1, -0.05) is 0 Å². The Morgan fingerprint density at radius 1 is 1.33 bits per heavy atom. The first kappa shape index (κ1) is 12.6. The van der Waals surface area contributed by atoms with Crippen LogP contribution in [0.4, 0.5) is 13.2 Å². The van der Waals surface area contributed by atoms with Gasteiger partial charge < -0.3 is 5.11 Å². The van der Waals surface area contributed by atoms with Crippen molar-refractivity contribution in [3.63, 3.8) is 0 Å². The fraction of sp³-hybridized carbons (Fsp3) is 0.273. The highest BCUT2D eigenvalue weighted by atomic mass is 19.4. The Bertz CT molecular complexity index is 563. The van der Waals surface area contributed by atoms with Gasteiger partial charge in [0.25, 0.3) is 0 Å². The van der Waals surface area contributed by atoms with Crippen LogP contribution in [0.1, 0.15) is 16.7 Å². The maximum atomic E-state index is 12.4. The lowest BCUT2D eigenvalue weighted by Crippen LogP contribution is -2.04. The molecule has 0 aliphatic rings. The van der Waals surface area contributed by atoms with E-state index < -0.39 is 11.7 Å². The third-order valence-corrected chi connectivity index (χ3v) is 2.42. The van der Waals surface area contributed by atoms with E-state index in [1.807, 2.05) is 0 Å². The molecule has 2 rings (SSSR count). The molecule has 0 unspecified atom stereocenters. The number of pyridine rings is 1. The summed E-state index contributed by atoms with van der Waals surface area (Å²) in [5, 5.41) is 12.6. The second-order valence-corrected chi connectivity index (χ2v) is 3.81. The van der Waals surface area contributed by atoms with Crippen LogP contribution < -0.4 is 0 Å². The number of aromatic nitrogens is 3. The molecule has 0 aliphatic carbocycles. The second-order valence-electron chi connectivity index (χ2n) is 3.81. The zero-order valence-corrected chi connectivity index (χ0v) is 9.44. The molecule has 0 fully saturated rings. The van der Waals surface area contributed by atoms with Crippen molar-refractivity contribution in [2.45, 2.75) is 19.7 Å². The highest BCUT2D eigenvalue weighted by Gasteiger charge is 2.32. The Balaban J connectivity index is 2.40. The molecule has 0 radical (unpaired) electrons. The molecule has 18 heavy (non-hydrogen) atoms. The molecular formula is C11H10F3N3O. The summed E-state index contributed by atoms with van der Waals surface area (Å²) in [5.74, 6) is 0.308. The Labute approximate surface area is 101 Å². The number of aryl methyl sites for hydroxylation is 1. The Morgan fingerprint density at radius 2 is 2.06 bits per heavy atom. The number of nitrogens with zero attached hydrogens (tertiary/aromatic N) is 3. The zero-order valence-electron chi connectivity index (χ0n) is 9.44. The fourth-order valence-corrected chi connectivity index (χ4v) is 1.54. The summed E-state index contributed by atoms with van der Waals surface area (Å²) in [6.07, 6.45) is -1.39. The minimum atomic E-state index is -4.42. The van der Waals surface area contributed by atoms with Crippen LogP contribution in [-0.2, 0) is 12.8 Å². The van der Waals surface area contributed by atoms with Crippen molar-refractivity contribution < 1.29 is 18.3 Å². The van der Waals surface area contributed by atoms with Crippen molar-refractivity contribution >= 4 is 0 Å². The van der Waals surface area contributed by atoms with Gasteiger partial charge in [0.2, 0.25) is 0 Å². The van der Waals surface area contributed by atoms with Gasteiger partial charge >= 0.3 is 6.18 Å². The van der Waals surface area contributed by atoms with Crippen molar-refractivity contribution in [3.05, 3.63) is 41.3 Å². The minimum absolute atomic E-state index is 0.166. The van der Waals surface area contributed by atoms with Gasteiger partial charge in [-0.2, -0.15) is 18.3 Å². The molecular weight excluding hydrogens is 247 g/mol. The van der Waals surface area contributed by atoms with Crippen molar-refractivity contribution in [2.75, 3.05) is 0 Å². The standard InChI is InChI=1S/C11H10F3N3O/c1-7-2-8(6-18)3-15-10(7)17-5-9(4-16-17)11(12,13)14/h2-5,18H,6H2,1H3. The van der Waals surface area contributed by atoms with E-state index in [4.69, 9.17) is 5.11 Å². The Kier molecular flexibility index (Phi) is 3.08. The number of hydrogen-bond acceptors (Lipinski definition) is 3. The van der Waals surface area contributed by atoms with E-state index in [0.717, 1.165) is 17.1 Å². The van der Waals surface area contributed by atoms with E-state index in [1.54, 1.807) is 13.0 Å². The van der Waals surface area contributed by atoms with E-state index >= 15 is 0 Å². The lowest BCUT2D eigenvalue weighted by Gasteiger charge is -2.06. The van der Waals surface area contributed by atoms with Crippen LogP contribution in [0, 0.1) is 6.92 Å². The maximum absolute atomic E-state index is 12.4. The quantitative estimate of drug-likeness (QED) is 0.896. The van der Waals surface area contributed by atoms with Gasteiger partial charge in [0.1, 0.15) is 0 Å². The van der Waals surface area contributed by atoms with Crippen LogP contribution in [0.15, 0.2) is 24.7 Å². The molecule has 0 spiro atoms. The lowest BCUT2D eigenvalue weighted by atomic mass is 10.2. The third kappa shape index (κ3) is 2.35. The molecule has 2 heterocycles. The molecule has 0 aromatic carbocycles. The molecule has 1 N–H and O–H groups in total. The number of aliphatic hydroxyl groups excluding tert-OH is 1. The van der Waals surface area contributed by atoms with Gasteiger partial charge in [0.15, 0.2) is 5.82 Å². The summed E-state index contributed by atoms with van der Waals surface area (Å²) in [4.78, 5) is 3.99. The highest BCUT2D eigenvalue weighted by molar-refractivity contribution is 5.35. The molecule has 2 aromatic rings. The van der Waals surface area contributed by atoms with Gasteiger partial charge in [-0.3, -0.25) is 0 Å². The molecule has 0 saturated carbocycles. The van der Waals surface area contributed by atoms with Crippen LogP contribution in [0.5, 0.6) is 0 Å². The van der Waals surface area contributed by atoms with Gasteiger partial charge in [-0.05, 0) is 24.1 Å². The summed E-state index contributed by atoms with van der Waals surface area (Å²) >= 11 is 0. The SMILES string of the molecule is Cc1cc(CO)cnc1-n1cc(C(F)(F)F)cn1. The van der Waals surface area contributed by atoms with E-state index in [-0.39, 0.29) is 6.61 Å². The topological polar surface area (TPSA) is 50.9 Å². The number of aliphatic hydroxyl groups is 1. The van der Waals surface area contributed by atoms with E-state index in [0.29, 0.717) is 16.9 Å². The van der Waals surface area contributed by atoms with Crippen molar-refractivity contribution in [1.29, 1.82) is 0 Å². The van der Waals surface area contributed by atoms with Crippen molar-refractivity contribution in [1.82, 2.24) is 14.8 Å². The number of halogens is 3. The van der Waals surface area contributed by atoms with Crippen LogP contribution in [0.2, 0.25) is 0 Å². The summed E-state index contributed by atoms with van der Waals surface area (Å²) in [7, 11) is 0. The molecule has 0 aliphatic heterocycles. The average molecular weight is 257 g/mol. The summed E-state index contributed by atoms with van der Waals surface area (Å²) in [6.45, 7) is 1.53. The number of rotatable bonds is 2. The third-order valence-electron chi connectivity index (χ3n) is 2.42. The van der Waals surface area contributed by atoms with Crippen LogP contribution in [0.25, 0.3) is 5.82 Å². The summed E-state index contributed by atoms with van der Waals surface area (Å²) in [6, 6.07) is 1.65. The highest BCUT2D eigenvalue weighted by Crippen LogP contribution is 2.29. The lowest BCUT2D eigenvalue weighted by molar-refractivity contribution is -0.137. The monoisotopic (exact) mass is 257 g/mol. The normalized spacial score (nSPS) is 11.8. The predicted octanol–water partition coefficient (Wildman–Crippen LogP) is 2.09. The van der Waals surface area contributed by atoms with Gasteiger partial charge in [-0.15, -0.1) is 0 Å². The molecule has 4 nitrogen and oxygen atoms in total. The summed E-state index contributed by atoms with van der Waals surface area (Å²) < 4.78 is 38.4. The van der Waals surface area contributed by atoms with Crippen molar-refractivity contribution in [2.24, 2.45) is 0 Å². The zero-order chi connectivity index (χ0) is 13.3. The average Bonchev–Trinajstić information content (AvgIpc) is 2.77. The molecule has 0 bridgehead atoms. The first-order valence-electron chi connectivity index (χ1n) is 5.10. The first-order valence-corrected chi connectivity index (χ1v) is 5.10. The van der Waals surface area contributed by atoms with E-state index in [1.165, 1.54) is 6.20 Å². The number of hydrogen-bond donors (Lipinski definition) is 1. The van der Waals surface area contributed by atoms with Gasteiger partial charge in [-0.25, -0.2) is 9.67 Å². The van der Waals surface area contributed by atoms with Gasteiger partial charge in [0, 0.05) is 12.4 Å². The fourth-order valence-electron chi connectivity index (χ4n) is 1.54. The van der Waals surface area contributed by atoms with Gasteiger partial charge in [0.05, 0.1) is 18.4 Å². The largest absolute Gasteiger partial charge is 0.419 e. The summed E-state index contributed by atoms with van der Waals surface area (Å²) in [5.41, 5.74) is 0.410. The van der Waals surface area contributed by atoms with E-state index in [2.05, 4.69) is 10.1 Å². The second kappa shape index (κ2) is 4.41. The molecule has 2 aromatic heterocycles. The minimum Gasteiger partial charge on any atom is -0.392 e. The van der Waals surface area contributed by atoms with E-state index in [9.17, 15) is 13.2 Å². The Morgan fingerprint density at radius 3 is 2.56 bits per heavy atom.